The van der Waals surface area contributed by atoms with E-state index in [0.29, 0.717) is 0 Å². The Bertz CT molecular complexity index is 1180. The highest BCUT2D eigenvalue weighted by molar-refractivity contribution is 8.00. The predicted molar refractivity (Wildman–Crippen MR) is 121 cm³/mol. The minimum atomic E-state index is -1.13. The number of hydrogen-bond donors (Lipinski definition) is 2. The number of carbonyl (C=O) groups excluding carboxylic acids is 2. The van der Waals surface area contributed by atoms with Crippen molar-refractivity contribution >= 4 is 52.2 Å². The number of thiophene rings is 1. The molecule has 1 saturated heterocycles. The van der Waals surface area contributed by atoms with E-state index in [1.165, 1.54) is 16.2 Å². The van der Waals surface area contributed by atoms with Crippen LogP contribution in [-0.2, 0) is 14.4 Å². The van der Waals surface area contributed by atoms with E-state index in [1.807, 2.05) is 11.4 Å². The number of carboxylic acid groups (broad SMARTS) is 1. The molecule has 2 aromatic heterocycles. The molecule has 0 radical (unpaired) electrons. The highest BCUT2D eigenvalue weighted by Crippen LogP contribution is 2.68. The summed E-state index contributed by atoms with van der Waals surface area (Å²) in [5.41, 5.74) is 0. The molecule has 2 amide bonds. The van der Waals surface area contributed by atoms with E-state index in [1.54, 1.807) is 36.9 Å². The highest BCUT2D eigenvalue weighted by Gasteiger charge is 2.70. The van der Waals surface area contributed by atoms with Crippen LogP contribution in [0.2, 0.25) is 0 Å². The fourth-order valence-corrected chi connectivity index (χ4v) is 10.6. The second-order valence-electron chi connectivity index (χ2n) is 9.55. The molecule has 2 aliphatic heterocycles. The zero-order valence-corrected chi connectivity index (χ0v) is 19.8. The Kier molecular flexibility index (Phi) is 4.55. The van der Waals surface area contributed by atoms with Crippen LogP contribution < -0.4 is 4.87 Å². The molecular weight excluding hydrogens is 468 g/mol. The third kappa shape index (κ3) is 2.60. The Labute approximate surface area is 196 Å². The van der Waals surface area contributed by atoms with Crippen molar-refractivity contribution in [2.24, 2.45) is 35.5 Å². The van der Waals surface area contributed by atoms with Crippen LogP contribution in [0.15, 0.2) is 27.3 Å². The standard InChI is InChI=1S/C22H22N2O5S3/c1-7(2)15(21(27)28)24-19(25)12-8-6-9(13(12)20(24)26)16-11(8)14(10-4-3-5-30-10)17-18(31-16)23-22(29)32-17/h3-5,7-9,11-16H,6H2,1-2H3,(H,23,29)(H,27,28). The molecule has 2 saturated carbocycles. The lowest BCUT2D eigenvalue weighted by molar-refractivity contribution is -0.157. The predicted octanol–water partition coefficient (Wildman–Crippen LogP) is 3.08. The summed E-state index contributed by atoms with van der Waals surface area (Å²) >= 11 is 4.56. The van der Waals surface area contributed by atoms with Crippen molar-refractivity contribution in [2.75, 3.05) is 0 Å². The number of aliphatic carboxylic acids is 1. The number of H-pyrrole nitrogens is 1. The zero-order chi connectivity index (χ0) is 22.5. The third-order valence-corrected chi connectivity index (χ3v) is 11.3. The van der Waals surface area contributed by atoms with E-state index in [4.69, 9.17) is 0 Å². The molecule has 2 aromatic rings. The smallest absolute Gasteiger partial charge is 0.327 e. The van der Waals surface area contributed by atoms with Crippen LogP contribution in [0.1, 0.15) is 35.9 Å². The highest BCUT2D eigenvalue weighted by atomic mass is 32.2. The van der Waals surface area contributed by atoms with Gasteiger partial charge < -0.3 is 10.1 Å². The molecule has 6 rings (SSSR count). The molecule has 32 heavy (non-hydrogen) atoms. The van der Waals surface area contributed by atoms with Gasteiger partial charge in [0.15, 0.2) is 0 Å². The largest absolute Gasteiger partial charge is 0.480 e. The number of thiazole rings is 1. The number of aromatic nitrogens is 1. The van der Waals surface area contributed by atoms with Gasteiger partial charge in [-0.1, -0.05) is 31.3 Å². The van der Waals surface area contributed by atoms with Crippen molar-refractivity contribution in [1.82, 2.24) is 9.88 Å². The van der Waals surface area contributed by atoms with Crippen LogP contribution >= 0.6 is 34.4 Å². The van der Waals surface area contributed by atoms with Gasteiger partial charge >= 0.3 is 10.8 Å². The van der Waals surface area contributed by atoms with Crippen LogP contribution in [-0.4, -0.2) is 44.1 Å². The Balaban J connectivity index is 1.43. The number of carboxylic acids is 1. The van der Waals surface area contributed by atoms with Gasteiger partial charge in [-0.3, -0.25) is 19.3 Å². The minimum Gasteiger partial charge on any atom is -0.480 e. The molecule has 168 valence electrons. The second-order valence-corrected chi connectivity index (χ2v) is 12.7. The SMILES string of the molecule is CC(C)C(C(=O)O)N1C(=O)C2C3CC(C2C1=O)C1C(c2cccs2)c2sc(=O)[nH]c2SC31. The van der Waals surface area contributed by atoms with E-state index in [0.717, 1.165) is 21.2 Å². The van der Waals surface area contributed by atoms with Gasteiger partial charge in [0.2, 0.25) is 11.8 Å². The number of nitrogens with zero attached hydrogens (tertiary/aromatic N) is 1. The first-order valence-electron chi connectivity index (χ1n) is 10.8. The summed E-state index contributed by atoms with van der Waals surface area (Å²) in [6.45, 7) is 3.47. The van der Waals surface area contributed by atoms with Crippen molar-refractivity contribution < 1.29 is 19.5 Å². The van der Waals surface area contributed by atoms with Crippen LogP contribution in [0.4, 0.5) is 0 Å². The molecule has 8 unspecified atom stereocenters. The lowest BCUT2D eigenvalue weighted by atomic mass is 9.69. The molecule has 4 heterocycles. The summed E-state index contributed by atoms with van der Waals surface area (Å²) in [5.74, 6) is -2.78. The van der Waals surface area contributed by atoms with Gasteiger partial charge in [0.25, 0.3) is 0 Å². The zero-order valence-electron chi connectivity index (χ0n) is 17.4. The molecule has 2 N–H and O–H groups in total. The normalized spacial score (nSPS) is 35.8. The molecular formula is C22H22N2O5S3. The third-order valence-electron chi connectivity index (χ3n) is 7.77. The van der Waals surface area contributed by atoms with E-state index < -0.39 is 23.8 Å². The van der Waals surface area contributed by atoms with Crippen LogP contribution in [0.25, 0.3) is 0 Å². The number of imide groups is 1. The second kappa shape index (κ2) is 7.04. The average Bonchev–Trinajstić information content (AvgIpc) is 3.51. The number of fused-ring (bicyclic) bond motifs is 9. The monoisotopic (exact) mass is 490 g/mol. The number of thioether (sulfide) groups is 1. The molecule has 0 spiro atoms. The van der Waals surface area contributed by atoms with Crippen LogP contribution in [0, 0.1) is 35.5 Å². The first-order valence-corrected chi connectivity index (χ1v) is 13.4. The van der Waals surface area contributed by atoms with E-state index in [9.17, 15) is 24.3 Å². The summed E-state index contributed by atoms with van der Waals surface area (Å²) in [6, 6.07) is 2.97. The molecule has 0 aromatic carbocycles. The number of nitrogens with one attached hydrogen (secondary N) is 1. The fraction of sp³-hybridized carbons (Fsp3) is 0.545. The van der Waals surface area contributed by atoms with Crippen molar-refractivity contribution in [3.63, 3.8) is 0 Å². The Morgan fingerprint density at radius 3 is 2.53 bits per heavy atom. The first-order chi connectivity index (χ1) is 15.3. The summed E-state index contributed by atoms with van der Waals surface area (Å²) < 4.78 is 0. The molecule has 4 aliphatic rings. The first kappa shape index (κ1) is 20.7. The van der Waals surface area contributed by atoms with Crippen molar-refractivity contribution in [1.29, 1.82) is 0 Å². The number of hydrogen-bond acceptors (Lipinski definition) is 7. The Hall–Kier alpha value is -1.91. The number of likely N-dealkylation sites (tertiary alicyclic amines) is 1. The average molecular weight is 491 g/mol. The van der Waals surface area contributed by atoms with Gasteiger partial charge in [-0.15, -0.1) is 23.1 Å². The number of amides is 2. The topological polar surface area (TPSA) is 108 Å². The van der Waals surface area contributed by atoms with E-state index >= 15 is 0 Å². The van der Waals surface area contributed by atoms with Gasteiger partial charge in [-0.25, -0.2) is 4.79 Å². The number of carbonyl (C=O) groups is 3. The van der Waals surface area contributed by atoms with Crippen molar-refractivity contribution in [3.8, 4) is 0 Å². The van der Waals surface area contributed by atoms with Crippen LogP contribution in [0.5, 0.6) is 0 Å². The lowest BCUT2D eigenvalue weighted by Gasteiger charge is -2.42. The van der Waals surface area contributed by atoms with Gasteiger partial charge in [-0.2, -0.15) is 0 Å². The molecule has 7 nitrogen and oxygen atoms in total. The summed E-state index contributed by atoms with van der Waals surface area (Å²) in [6.07, 6.45) is 0.809. The quantitative estimate of drug-likeness (QED) is 0.638. The molecule has 3 fully saturated rings. The summed E-state index contributed by atoms with van der Waals surface area (Å²) in [4.78, 5) is 57.3. The summed E-state index contributed by atoms with van der Waals surface area (Å²) in [7, 11) is 0. The van der Waals surface area contributed by atoms with E-state index in [2.05, 4.69) is 11.1 Å². The van der Waals surface area contributed by atoms with Crippen molar-refractivity contribution in [2.45, 2.75) is 42.5 Å². The van der Waals surface area contributed by atoms with Gasteiger partial charge in [0.1, 0.15) is 6.04 Å². The number of aromatic amines is 1. The van der Waals surface area contributed by atoms with E-state index in [-0.39, 0.29) is 51.5 Å². The van der Waals surface area contributed by atoms with Gasteiger partial charge in [0.05, 0.1) is 16.9 Å². The molecule has 10 heteroatoms. The van der Waals surface area contributed by atoms with Gasteiger partial charge in [-0.05, 0) is 41.5 Å². The summed E-state index contributed by atoms with van der Waals surface area (Å²) in [5, 5.41) is 12.8. The maximum absolute atomic E-state index is 13.5. The fourth-order valence-electron chi connectivity index (χ4n) is 6.79. The van der Waals surface area contributed by atoms with Crippen LogP contribution in [0.3, 0.4) is 0 Å². The molecule has 2 aliphatic carbocycles. The molecule has 8 atom stereocenters. The Morgan fingerprint density at radius 2 is 1.91 bits per heavy atom. The maximum atomic E-state index is 13.5. The maximum Gasteiger partial charge on any atom is 0.327 e. The molecule has 2 bridgehead atoms. The Morgan fingerprint density at radius 1 is 1.19 bits per heavy atom. The van der Waals surface area contributed by atoms with Gasteiger partial charge in [0, 0.05) is 20.9 Å². The minimum absolute atomic E-state index is 0.0158. The number of rotatable bonds is 4. The van der Waals surface area contributed by atoms with Crippen molar-refractivity contribution in [3.05, 3.63) is 36.9 Å². The lowest BCUT2D eigenvalue weighted by Crippen LogP contribution is -2.49.